The highest BCUT2D eigenvalue weighted by molar-refractivity contribution is 5.69. The topological polar surface area (TPSA) is 50.8 Å². The lowest BCUT2D eigenvalue weighted by Gasteiger charge is -2.33. The fraction of sp³-hybridized carbons (Fsp3) is 0.318. The van der Waals surface area contributed by atoms with Gasteiger partial charge in [-0.2, -0.15) is 0 Å². The zero-order valence-corrected chi connectivity index (χ0v) is 16.5. The van der Waals surface area contributed by atoms with Crippen molar-refractivity contribution in [2.45, 2.75) is 39.3 Å². The van der Waals surface area contributed by atoms with Crippen LogP contribution in [0.3, 0.4) is 0 Å². The maximum atomic E-state index is 13.4. The second-order valence-electron chi connectivity index (χ2n) is 7.69. The summed E-state index contributed by atoms with van der Waals surface area (Å²) in [6, 6.07) is 13.8. The molecule has 0 radical (unpaired) electrons. The van der Waals surface area contributed by atoms with Gasteiger partial charge in [-0.05, 0) is 45.4 Å². The number of benzene rings is 2. The third-order valence-electron chi connectivity index (χ3n) is 4.27. The normalized spacial score (nSPS) is 14.1. The van der Waals surface area contributed by atoms with Crippen molar-refractivity contribution in [2.75, 3.05) is 11.9 Å². The lowest BCUT2D eigenvalue weighted by Crippen LogP contribution is -2.40. The van der Waals surface area contributed by atoms with Crippen molar-refractivity contribution in [2.24, 2.45) is 0 Å². The number of hydrogen-bond acceptors (Lipinski definition) is 4. The van der Waals surface area contributed by atoms with Crippen molar-refractivity contribution in [3.05, 3.63) is 71.9 Å². The van der Waals surface area contributed by atoms with E-state index in [2.05, 4.69) is 5.32 Å². The first-order chi connectivity index (χ1) is 13.2. The number of carbonyl (C=O) groups is 1. The molecule has 0 aromatic heterocycles. The average molecular weight is 384 g/mol. The lowest BCUT2D eigenvalue weighted by atomic mass is 10.1. The zero-order valence-electron chi connectivity index (χ0n) is 16.5. The first-order valence-corrected chi connectivity index (χ1v) is 9.20. The molecule has 0 aliphatic carbocycles. The highest BCUT2D eigenvalue weighted by Gasteiger charge is 2.29. The Kier molecular flexibility index (Phi) is 5.58. The Hall–Kier alpha value is -3.02. The van der Waals surface area contributed by atoms with E-state index in [0.717, 1.165) is 5.56 Å². The molecule has 0 unspecified atom stereocenters. The van der Waals surface area contributed by atoms with E-state index in [9.17, 15) is 9.18 Å². The minimum Gasteiger partial charge on any atom is -0.456 e. The smallest absolute Gasteiger partial charge is 0.411 e. The van der Waals surface area contributed by atoms with Gasteiger partial charge in [0.25, 0.3) is 0 Å². The van der Waals surface area contributed by atoms with Crippen LogP contribution in [0.15, 0.2) is 60.5 Å². The molecule has 0 saturated carbocycles. The van der Waals surface area contributed by atoms with Crippen molar-refractivity contribution in [1.82, 2.24) is 4.90 Å². The first-order valence-electron chi connectivity index (χ1n) is 9.20. The number of nitrogens with zero attached hydrogens (tertiary/aromatic N) is 1. The van der Waals surface area contributed by atoms with E-state index in [1.807, 2.05) is 58.0 Å². The third-order valence-corrected chi connectivity index (χ3v) is 4.27. The Morgan fingerprint density at radius 3 is 2.61 bits per heavy atom. The summed E-state index contributed by atoms with van der Waals surface area (Å²) in [7, 11) is 0. The van der Waals surface area contributed by atoms with E-state index in [0.29, 0.717) is 17.2 Å². The van der Waals surface area contributed by atoms with E-state index in [-0.39, 0.29) is 18.4 Å². The predicted molar refractivity (Wildman–Crippen MR) is 107 cm³/mol. The number of halogens is 1. The summed E-state index contributed by atoms with van der Waals surface area (Å²) >= 11 is 0. The minimum absolute atomic E-state index is 0.203. The highest BCUT2D eigenvalue weighted by atomic mass is 19.1. The van der Waals surface area contributed by atoms with Gasteiger partial charge < -0.3 is 14.8 Å². The van der Waals surface area contributed by atoms with Crippen LogP contribution in [-0.2, 0) is 4.74 Å². The fourth-order valence-corrected chi connectivity index (χ4v) is 2.87. The van der Waals surface area contributed by atoms with Crippen molar-refractivity contribution in [1.29, 1.82) is 0 Å². The van der Waals surface area contributed by atoms with Crippen molar-refractivity contribution < 1.29 is 18.7 Å². The SMILES string of the molecule is C[C@@H](c1ccccc1)N(CC1=CNc2cc(F)ccc2O1)C(=O)OC(C)(C)C. The first kappa shape index (κ1) is 19.7. The van der Waals surface area contributed by atoms with E-state index in [1.54, 1.807) is 17.2 Å². The highest BCUT2D eigenvalue weighted by Crippen LogP contribution is 2.32. The number of amides is 1. The molecule has 1 N–H and O–H groups in total. The lowest BCUT2D eigenvalue weighted by molar-refractivity contribution is 0.0176. The van der Waals surface area contributed by atoms with Gasteiger partial charge in [0, 0.05) is 12.3 Å². The standard InChI is InChI=1S/C22H25FN2O3/c1-15(16-8-6-5-7-9-16)25(21(26)28-22(2,3)4)14-18-13-24-19-12-17(23)10-11-20(19)27-18/h5-13,15,24H,14H2,1-4H3/t15-/m0/s1. The van der Waals surface area contributed by atoms with Crippen molar-refractivity contribution in [3.8, 4) is 5.75 Å². The Balaban J connectivity index is 1.82. The monoisotopic (exact) mass is 384 g/mol. The van der Waals surface area contributed by atoms with Gasteiger partial charge in [0.15, 0.2) is 5.75 Å². The van der Waals surface area contributed by atoms with Gasteiger partial charge in [0.2, 0.25) is 0 Å². The van der Waals surface area contributed by atoms with Gasteiger partial charge >= 0.3 is 6.09 Å². The van der Waals surface area contributed by atoms with E-state index in [4.69, 9.17) is 9.47 Å². The molecular weight excluding hydrogens is 359 g/mol. The van der Waals surface area contributed by atoms with Gasteiger partial charge in [0.1, 0.15) is 17.2 Å². The molecule has 28 heavy (non-hydrogen) atoms. The summed E-state index contributed by atoms with van der Waals surface area (Å²) in [6.45, 7) is 7.64. The van der Waals surface area contributed by atoms with Gasteiger partial charge in [-0.1, -0.05) is 30.3 Å². The summed E-state index contributed by atoms with van der Waals surface area (Å²) in [5.41, 5.74) is 0.916. The van der Waals surface area contributed by atoms with Crippen LogP contribution in [0.5, 0.6) is 5.75 Å². The number of ether oxygens (including phenoxy) is 2. The molecule has 2 aromatic rings. The molecule has 0 bridgehead atoms. The number of anilines is 1. The van der Waals surface area contributed by atoms with E-state index >= 15 is 0 Å². The fourth-order valence-electron chi connectivity index (χ4n) is 2.87. The summed E-state index contributed by atoms with van der Waals surface area (Å²) in [6.07, 6.45) is 1.20. The number of rotatable bonds is 4. The second kappa shape index (κ2) is 7.92. The van der Waals surface area contributed by atoms with Gasteiger partial charge in [-0.15, -0.1) is 0 Å². The third kappa shape index (κ3) is 4.82. The number of fused-ring (bicyclic) bond motifs is 1. The van der Waals surface area contributed by atoms with E-state index < -0.39 is 11.7 Å². The van der Waals surface area contributed by atoms with Crippen molar-refractivity contribution in [3.63, 3.8) is 0 Å². The van der Waals surface area contributed by atoms with Gasteiger partial charge in [0.05, 0.1) is 18.3 Å². The van der Waals surface area contributed by atoms with Gasteiger partial charge in [-0.25, -0.2) is 9.18 Å². The molecule has 1 aliphatic heterocycles. The Morgan fingerprint density at radius 2 is 1.93 bits per heavy atom. The summed E-state index contributed by atoms with van der Waals surface area (Å²) in [4.78, 5) is 14.5. The Morgan fingerprint density at radius 1 is 1.21 bits per heavy atom. The molecule has 1 heterocycles. The molecule has 2 aromatic carbocycles. The minimum atomic E-state index is -0.615. The number of nitrogens with one attached hydrogen (secondary N) is 1. The molecule has 6 heteroatoms. The number of carbonyl (C=O) groups excluding carboxylic acids is 1. The molecule has 0 fully saturated rings. The Bertz CT molecular complexity index is 875. The van der Waals surface area contributed by atoms with Crippen LogP contribution < -0.4 is 10.1 Å². The summed E-state index contributed by atoms with van der Waals surface area (Å²) in [5, 5.41) is 3.02. The molecule has 1 amide bonds. The van der Waals surface area contributed by atoms with Crippen LogP contribution in [0.2, 0.25) is 0 Å². The maximum absolute atomic E-state index is 13.4. The molecular formula is C22H25FN2O3. The summed E-state index contributed by atoms with van der Waals surface area (Å²) in [5.74, 6) is 0.697. The van der Waals surface area contributed by atoms with Crippen LogP contribution in [0.1, 0.15) is 39.3 Å². The molecule has 0 saturated heterocycles. The zero-order chi connectivity index (χ0) is 20.3. The quantitative estimate of drug-likeness (QED) is 0.759. The average Bonchev–Trinajstić information content (AvgIpc) is 2.65. The van der Waals surface area contributed by atoms with Crippen LogP contribution >= 0.6 is 0 Å². The molecule has 1 aliphatic rings. The summed E-state index contributed by atoms with van der Waals surface area (Å²) < 4.78 is 24.8. The van der Waals surface area contributed by atoms with Crippen molar-refractivity contribution >= 4 is 11.8 Å². The predicted octanol–water partition coefficient (Wildman–Crippen LogP) is 5.47. The van der Waals surface area contributed by atoms with Crippen LogP contribution in [0, 0.1) is 5.82 Å². The molecule has 5 nitrogen and oxygen atoms in total. The second-order valence-corrected chi connectivity index (χ2v) is 7.69. The molecule has 1 atom stereocenters. The van der Waals surface area contributed by atoms with Crippen LogP contribution in [0.4, 0.5) is 14.9 Å². The molecule has 3 rings (SSSR count). The van der Waals surface area contributed by atoms with Gasteiger partial charge in [-0.3, -0.25) is 4.90 Å². The van der Waals surface area contributed by atoms with Crippen LogP contribution in [-0.4, -0.2) is 23.1 Å². The number of hydrogen-bond donors (Lipinski definition) is 1. The van der Waals surface area contributed by atoms with E-state index in [1.165, 1.54) is 12.1 Å². The van der Waals surface area contributed by atoms with Crippen LogP contribution in [0.25, 0.3) is 0 Å². The maximum Gasteiger partial charge on any atom is 0.411 e. The molecule has 148 valence electrons. The molecule has 0 spiro atoms. The Labute approximate surface area is 164 Å². The largest absolute Gasteiger partial charge is 0.456 e.